The molecule has 0 aromatic heterocycles. The Morgan fingerprint density at radius 2 is 1.80 bits per heavy atom. The summed E-state index contributed by atoms with van der Waals surface area (Å²) >= 11 is 0. The number of esters is 1. The number of carbonyl (C=O) groups is 2. The molecule has 0 aliphatic heterocycles. The molecule has 2 rings (SSSR count). The summed E-state index contributed by atoms with van der Waals surface area (Å²) in [5, 5.41) is 0. The molecule has 0 aliphatic rings. The third-order valence-electron chi connectivity index (χ3n) is 3.97. The Hall–Kier alpha value is -2.88. The quantitative estimate of drug-likeness (QED) is 0.580. The van der Waals surface area contributed by atoms with Crippen molar-refractivity contribution in [3.8, 4) is 11.1 Å². The number of ether oxygens (including phenoxy) is 1. The monoisotopic (exact) mass is 337 g/mol. The maximum atomic E-state index is 11.8. The molecule has 2 aromatic rings. The lowest BCUT2D eigenvalue weighted by Crippen LogP contribution is -2.13. The van der Waals surface area contributed by atoms with Gasteiger partial charge in [0, 0.05) is 12.0 Å². The maximum absolute atomic E-state index is 11.8. The Morgan fingerprint density at radius 3 is 2.48 bits per heavy atom. The number of amides is 1. The van der Waals surface area contributed by atoms with E-state index >= 15 is 0 Å². The van der Waals surface area contributed by atoms with E-state index in [9.17, 15) is 9.59 Å². The molecular weight excluding hydrogens is 314 g/mol. The molecule has 0 bridgehead atoms. The SMILES string of the molecule is COC(=O)CCCC/C=C\c1c(C(N)=O)cccc1-c1ccccc1. The van der Waals surface area contributed by atoms with Crippen LogP contribution in [0.2, 0.25) is 0 Å². The number of benzene rings is 2. The number of carbonyl (C=O) groups excluding carboxylic acids is 2. The molecule has 4 nitrogen and oxygen atoms in total. The van der Waals surface area contributed by atoms with Crippen LogP contribution < -0.4 is 5.73 Å². The average molecular weight is 337 g/mol. The van der Waals surface area contributed by atoms with Gasteiger partial charge in [-0.05, 0) is 42.0 Å². The van der Waals surface area contributed by atoms with E-state index in [1.54, 1.807) is 6.07 Å². The van der Waals surface area contributed by atoms with Crippen molar-refractivity contribution in [1.29, 1.82) is 0 Å². The number of allylic oxidation sites excluding steroid dienone is 1. The van der Waals surface area contributed by atoms with Crippen LogP contribution in [0.25, 0.3) is 17.2 Å². The molecule has 0 unspecified atom stereocenters. The Kier molecular flexibility index (Phi) is 6.96. The molecule has 2 N–H and O–H groups in total. The number of primary amides is 1. The molecule has 25 heavy (non-hydrogen) atoms. The standard InChI is InChI=1S/C21H23NO3/c1-25-20(23)15-8-3-2-7-12-18-17(16-10-5-4-6-11-16)13-9-14-19(18)21(22)24/h4-7,9-14H,2-3,8,15H2,1H3,(H2,22,24)/b12-7-. The molecule has 0 atom stereocenters. The van der Waals surface area contributed by atoms with Crippen LogP contribution in [0.15, 0.2) is 54.6 Å². The van der Waals surface area contributed by atoms with E-state index in [0.29, 0.717) is 12.0 Å². The lowest BCUT2D eigenvalue weighted by Gasteiger charge is -2.10. The Labute approximate surface area is 148 Å². The van der Waals surface area contributed by atoms with Crippen molar-refractivity contribution in [3.05, 3.63) is 65.7 Å². The lowest BCUT2D eigenvalue weighted by atomic mass is 9.94. The van der Waals surface area contributed by atoms with Crippen molar-refractivity contribution in [1.82, 2.24) is 0 Å². The van der Waals surface area contributed by atoms with Gasteiger partial charge in [-0.3, -0.25) is 9.59 Å². The van der Waals surface area contributed by atoms with E-state index in [-0.39, 0.29) is 5.97 Å². The number of hydrogen-bond donors (Lipinski definition) is 1. The first-order chi connectivity index (χ1) is 12.1. The second-order valence-electron chi connectivity index (χ2n) is 5.72. The highest BCUT2D eigenvalue weighted by molar-refractivity contribution is 5.99. The second kappa shape index (κ2) is 9.42. The molecule has 1 amide bonds. The fraction of sp³-hybridized carbons (Fsp3) is 0.238. The first kappa shape index (κ1) is 18.5. The van der Waals surface area contributed by atoms with Crippen LogP contribution in [0.5, 0.6) is 0 Å². The number of nitrogens with two attached hydrogens (primary N) is 1. The van der Waals surface area contributed by atoms with Crippen LogP contribution in [-0.2, 0) is 9.53 Å². The van der Waals surface area contributed by atoms with Gasteiger partial charge in [-0.2, -0.15) is 0 Å². The van der Waals surface area contributed by atoms with Crippen molar-refractivity contribution in [3.63, 3.8) is 0 Å². The van der Waals surface area contributed by atoms with Crippen LogP contribution in [0.1, 0.15) is 41.6 Å². The third-order valence-corrected chi connectivity index (χ3v) is 3.97. The highest BCUT2D eigenvalue weighted by Crippen LogP contribution is 2.27. The zero-order chi connectivity index (χ0) is 18.1. The van der Waals surface area contributed by atoms with Crippen molar-refractivity contribution in [2.24, 2.45) is 5.73 Å². The molecule has 0 radical (unpaired) electrons. The van der Waals surface area contributed by atoms with Gasteiger partial charge in [0.05, 0.1) is 7.11 Å². The van der Waals surface area contributed by atoms with Crippen molar-refractivity contribution >= 4 is 18.0 Å². The number of rotatable bonds is 8. The predicted octanol–water partition coefficient (Wildman–Crippen LogP) is 4.20. The largest absolute Gasteiger partial charge is 0.469 e. The highest BCUT2D eigenvalue weighted by Gasteiger charge is 2.11. The summed E-state index contributed by atoms with van der Waals surface area (Å²) in [5.41, 5.74) is 8.89. The van der Waals surface area contributed by atoms with E-state index in [1.165, 1.54) is 7.11 Å². The van der Waals surface area contributed by atoms with Gasteiger partial charge in [0.15, 0.2) is 0 Å². The Bertz CT molecular complexity index is 751. The van der Waals surface area contributed by atoms with Crippen LogP contribution >= 0.6 is 0 Å². The first-order valence-electron chi connectivity index (χ1n) is 8.35. The van der Waals surface area contributed by atoms with E-state index in [0.717, 1.165) is 36.0 Å². The van der Waals surface area contributed by atoms with Gasteiger partial charge in [0.25, 0.3) is 0 Å². The zero-order valence-electron chi connectivity index (χ0n) is 14.4. The molecule has 4 heteroatoms. The van der Waals surface area contributed by atoms with Crippen molar-refractivity contribution in [2.75, 3.05) is 7.11 Å². The van der Waals surface area contributed by atoms with Gasteiger partial charge in [-0.1, -0.05) is 54.6 Å². The third kappa shape index (κ3) is 5.31. The molecule has 2 aromatic carbocycles. The van der Waals surface area contributed by atoms with E-state index in [2.05, 4.69) is 4.74 Å². The molecule has 0 fully saturated rings. The summed E-state index contributed by atoms with van der Waals surface area (Å²) in [7, 11) is 1.40. The van der Waals surface area contributed by atoms with Crippen LogP contribution in [-0.4, -0.2) is 19.0 Å². The molecule has 130 valence electrons. The van der Waals surface area contributed by atoms with Gasteiger partial charge in [-0.25, -0.2) is 0 Å². The number of hydrogen-bond acceptors (Lipinski definition) is 3. The van der Waals surface area contributed by atoms with Crippen molar-refractivity contribution < 1.29 is 14.3 Å². The Morgan fingerprint density at radius 1 is 1.04 bits per heavy atom. The first-order valence-corrected chi connectivity index (χ1v) is 8.35. The number of methoxy groups -OCH3 is 1. The van der Waals surface area contributed by atoms with E-state index in [4.69, 9.17) is 5.73 Å². The van der Waals surface area contributed by atoms with Crippen LogP contribution in [0.3, 0.4) is 0 Å². The fourth-order valence-corrected chi connectivity index (χ4v) is 2.66. The van der Waals surface area contributed by atoms with Crippen LogP contribution in [0.4, 0.5) is 0 Å². The summed E-state index contributed by atoms with van der Waals surface area (Å²) in [4.78, 5) is 22.9. The summed E-state index contributed by atoms with van der Waals surface area (Å²) in [5.74, 6) is -0.627. The van der Waals surface area contributed by atoms with Gasteiger partial charge < -0.3 is 10.5 Å². The minimum absolute atomic E-state index is 0.186. The summed E-state index contributed by atoms with van der Waals surface area (Å²) in [6, 6.07) is 15.5. The van der Waals surface area contributed by atoms with Crippen molar-refractivity contribution in [2.45, 2.75) is 25.7 Å². The van der Waals surface area contributed by atoms with Gasteiger partial charge >= 0.3 is 5.97 Å². The zero-order valence-corrected chi connectivity index (χ0v) is 14.4. The molecule has 0 heterocycles. The summed E-state index contributed by atoms with van der Waals surface area (Å²) < 4.78 is 4.62. The highest BCUT2D eigenvalue weighted by atomic mass is 16.5. The second-order valence-corrected chi connectivity index (χ2v) is 5.72. The van der Waals surface area contributed by atoms with Gasteiger partial charge in [0.1, 0.15) is 0 Å². The molecule has 0 saturated heterocycles. The molecular formula is C21H23NO3. The summed E-state index contributed by atoms with van der Waals surface area (Å²) in [6.07, 6.45) is 6.87. The predicted molar refractivity (Wildman–Crippen MR) is 99.9 cm³/mol. The minimum atomic E-state index is -0.442. The lowest BCUT2D eigenvalue weighted by molar-refractivity contribution is -0.140. The maximum Gasteiger partial charge on any atom is 0.305 e. The van der Waals surface area contributed by atoms with Gasteiger partial charge in [-0.15, -0.1) is 0 Å². The average Bonchev–Trinajstić information content (AvgIpc) is 2.64. The summed E-state index contributed by atoms with van der Waals surface area (Å²) in [6.45, 7) is 0. The molecule has 0 saturated carbocycles. The van der Waals surface area contributed by atoms with E-state index in [1.807, 2.05) is 54.6 Å². The topological polar surface area (TPSA) is 69.4 Å². The molecule has 0 spiro atoms. The molecule has 0 aliphatic carbocycles. The fourth-order valence-electron chi connectivity index (χ4n) is 2.66. The smallest absolute Gasteiger partial charge is 0.305 e. The normalized spacial score (nSPS) is 10.8. The van der Waals surface area contributed by atoms with E-state index < -0.39 is 5.91 Å². The van der Waals surface area contributed by atoms with Crippen LogP contribution in [0, 0.1) is 0 Å². The minimum Gasteiger partial charge on any atom is -0.469 e. The number of unbranched alkanes of at least 4 members (excludes halogenated alkanes) is 2. The van der Waals surface area contributed by atoms with Gasteiger partial charge in [0.2, 0.25) is 5.91 Å². The Balaban J connectivity index is 2.16.